The molecule has 0 N–H and O–H groups in total. The van der Waals surface area contributed by atoms with Crippen LogP contribution in [-0.2, 0) is 52.4 Å². The minimum atomic E-state index is -1.48. The number of carbonyl (C=O) groups is 5. The van der Waals surface area contributed by atoms with Crippen molar-refractivity contribution < 1.29 is 52.4 Å². The quantitative estimate of drug-likeness (QED) is 0.433. The number of rotatable bonds is 6. The third-order valence-electron chi connectivity index (χ3n) is 3.23. The van der Waals surface area contributed by atoms with Gasteiger partial charge in [0.1, 0.15) is 12.7 Å². The van der Waals surface area contributed by atoms with Crippen molar-refractivity contribution >= 4 is 29.8 Å². The van der Waals surface area contributed by atoms with Crippen LogP contribution in [-0.4, -0.2) is 67.2 Å². The number of ether oxygens (including phenoxy) is 6. The molecule has 11 nitrogen and oxygen atoms in total. The maximum absolute atomic E-state index is 11.5. The van der Waals surface area contributed by atoms with Crippen molar-refractivity contribution in [2.45, 2.75) is 65.3 Å². The number of hydrogen-bond acceptors (Lipinski definition) is 11. The third-order valence-corrected chi connectivity index (χ3v) is 3.23. The molecule has 152 valence electrons. The molecule has 1 fully saturated rings. The monoisotopic (exact) mass is 390 g/mol. The van der Waals surface area contributed by atoms with E-state index in [0.29, 0.717) is 0 Å². The standard InChI is InChI=1S/C16H22O11/c1-7(17)22-6-12-13(23-8(2)18)14(24-9(3)19)15(25-10(4)20)16(27-12)26-11(5)21/h12-16H,6H2,1-5H3/t12-,13-,14-,15+,16-/m1/s1. The second-order valence-electron chi connectivity index (χ2n) is 5.68. The molecule has 5 atom stereocenters. The minimum Gasteiger partial charge on any atom is -0.463 e. The van der Waals surface area contributed by atoms with Crippen molar-refractivity contribution in [3.63, 3.8) is 0 Å². The van der Waals surface area contributed by atoms with Crippen LogP contribution in [0.25, 0.3) is 0 Å². The van der Waals surface area contributed by atoms with E-state index in [1.807, 2.05) is 0 Å². The summed E-state index contributed by atoms with van der Waals surface area (Å²) in [5.41, 5.74) is 0. The Hall–Kier alpha value is -2.69. The van der Waals surface area contributed by atoms with Crippen molar-refractivity contribution in [1.29, 1.82) is 0 Å². The third kappa shape index (κ3) is 7.21. The molecule has 1 aliphatic heterocycles. The van der Waals surface area contributed by atoms with E-state index >= 15 is 0 Å². The van der Waals surface area contributed by atoms with Gasteiger partial charge in [-0.15, -0.1) is 0 Å². The van der Waals surface area contributed by atoms with Crippen molar-refractivity contribution in [3.05, 3.63) is 0 Å². The highest BCUT2D eigenvalue weighted by molar-refractivity contribution is 5.69. The Morgan fingerprint density at radius 1 is 0.630 bits per heavy atom. The highest BCUT2D eigenvalue weighted by atomic mass is 16.7. The van der Waals surface area contributed by atoms with Crippen LogP contribution in [0.1, 0.15) is 34.6 Å². The lowest BCUT2D eigenvalue weighted by molar-refractivity contribution is -0.300. The predicted molar refractivity (Wildman–Crippen MR) is 83.7 cm³/mol. The Labute approximate surface area is 155 Å². The highest BCUT2D eigenvalue weighted by Gasteiger charge is 2.53. The Balaban J connectivity index is 3.29. The molecule has 0 unspecified atom stereocenters. The second kappa shape index (κ2) is 9.86. The van der Waals surface area contributed by atoms with Crippen LogP contribution in [0, 0.1) is 0 Å². The van der Waals surface area contributed by atoms with Gasteiger partial charge in [0.25, 0.3) is 0 Å². The van der Waals surface area contributed by atoms with E-state index in [0.717, 1.165) is 34.6 Å². The number of hydrogen-bond donors (Lipinski definition) is 0. The Morgan fingerprint density at radius 2 is 1.07 bits per heavy atom. The summed E-state index contributed by atoms with van der Waals surface area (Å²) in [4.78, 5) is 57.0. The molecule has 0 spiro atoms. The largest absolute Gasteiger partial charge is 0.463 e. The van der Waals surface area contributed by atoms with Gasteiger partial charge in [-0.2, -0.15) is 0 Å². The Bertz CT molecular complexity index is 599. The lowest BCUT2D eigenvalue weighted by atomic mass is 9.98. The van der Waals surface area contributed by atoms with Gasteiger partial charge in [-0.05, 0) is 0 Å². The van der Waals surface area contributed by atoms with Crippen LogP contribution < -0.4 is 0 Å². The summed E-state index contributed by atoms with van der Waals surface area (Å²) >= 11 is 0. The Kier molecular flexibility index (Phi) is 8.16. The lowest BCUT2D eigenvalue weighted by Crippen LogP contribution is -2.63. The van der Waals surface area contributed by atoms with Gasteiger partial charge in [-0.3, -0.25) is 24.0 Å². The summed E-state index contributed by atoms with van der Waals surface area (Å²) in [7, 11) is 0. The molecular weight excluding hydrogens is 368 g/mol. The summed E-state index contributed by atoms with van der Waals surface area (Å²) < 4.78 is 30.8. The van der Waals surface area contributed by atoms with Crippen molar-refractivity contribution in [2.24, 2.45) is 0 Å². The molecule has 0 aromatic rings. The van der Waals surface area contributed by atoms with E-state index in [1.165, 1.54) is 0 Å². The topological polar surface area (TPSA) is 141 Å². The van der Waals surface area contributed by atoms with Crippen LogP contribution in [0.2, 0.25) is 0 Å². The van der Waals surface area contributed by atoms with Crippen LogP contribution in [0.5, 0.6) is 0 Å². The molecule has 11 heteroatoms. The first-order valence-electron chi connectivity index (χ1n) is 7.99. The maximum Gasteiger partial charge on any atom is 0.305 e. The smallest absolute Gasteiger partial charge is 0.305 e. The van der Waals surface area contributed by atoms with Gasteiger partial charge in [0.2, 0.25) is 12.4 Å². The average molecular weight is 390 g/mol. The van der Waals surface area contributed by atoms with Crippen molar-refractivity contribution in [1.82, 2.24) is 0 Å². The Morgan fingerprint density at radius 3 is 1.52 bits per heavy atom. The van der Waals surface area contributed by atoms with Gasteiger partial charge in [0, 0.05) is 34.6 Å². The molecule has 0 bridgehead atoms. The van der Waals surface area contributed by atoms with Gasteiger partial charge >= 0.3 is 29.8 Å². The fraction of sp³-hybridized carbons (Fsp3) is 0.688. The first-order chi connectivity index (χ1) is 12.5. The van der Waals surface area contributed by atoms with E-state index in [4.69, 9.17) is 28.4 Å². The fourth-order valence-corrected chi connectivity index (χ4v) is 2.45. The SMILES string of the molecule is CC(=O)OC[C@H]1O[C@@H](OC(C)=O)[C@@H](OC(C)=O)[C@H](OC(C)=O)[C@@H]1OC(C)=O. The summed E-state index contributed by atoms with van der Waals surface area (Å²) in [5, 5.41) is 0. The van der Waals surface area contributed by atoms with E-state index in [2.05, 4.69) is 0 Å². The summed E-state index contributed by atoms with van der Waals surface area (Å²) in [6, 6.07) is 0. The van der Waals surface area contributed by atoms with E-state index in [-0.39, 0.29) is 0 Å². The van der Waals surface area contributed by atoms with Gasteiger partial charge < -0.3 is 28.4 Å². The maximum atomic E-state index is 11.5. The van der Waals surface area contributed by atoms with E-state index < -0.39 is 67.2 Å². The minimum absolute atomic E-state index is 0.393. The predicted octanol–water partition coefficient (Wildman–Crippen LogP) is -0.367. The summed E-state index contributed by atoms with van der Waals surface area (Å²) in [5.74, 6) is -3.71. The summed E-state index contributed by atoms with van der Waals surface area (Å²) in [6.45, 7) is 5.13. The molecule has 0 aromatic carbocycles. The second-order valence-corrected chi connectivity index (χ2v) is 5.68. The molecule has 0 aliphatic carbocycles. The molecule has 1 aliphatic rings. The zero-order chi connectivity index (χ0) is 20.7. The van der Waals surface area contributed by atoms with E-state index in [9.17, 15) is 24.0 Å². The molecule has 0 amide bonds. The molecule has 1 heterocycles. The normalized spacial score (nSPS) is 27.1. The van der Waals surface area contributed by atoms with Crippen LogP contribution >= 0.6 is 0 Å². The van der Waals surface area contributed by atoms with Crippen LogP contribution in [0.15, 0.2) is 0 Å². The fourth-order valence-electron chi connectivity index (χ4n) is 2.45. The van der Waals surface area contributed by atoms with Crippen LogP contribution in [0.3, 0.4) is 0 Å². The first-order valence-corrected chi connectivity index (χ1v) is 7.99. The zero-order valence-corrected chi connectivity index (χ0v) is 15.6. The highest BCUT2D eigenvalue weighted by Crippen LogP contribution is 2.29. The number of esters is 5. The van der Waals surface area contributed by atoms with Crippen molar-refractivity contribution in [2.75, 3.05) is 6.61 Å². The molecule has 0 saturated carbocycles. The molecule has 27 heavy (non-hydrogen) atoms. The first kappa shape index (κ1) is 22.4. The van der Waals surface area contributed by atoms with Gasteiger partial charge in [-0.1, -0.05) is 0 Å². The molecular formula is C16H22O11. The van der Waals surface area contributed by atoms with Crippen LogP contribution in [0.4, 0.5) is 0 Å². The zero-order valence-electron chi connectivity index (χ0n) is 15.6. The molecule has 1 saturated heterocycles. The van der Waals surface area contributed by atoms with Gasteiger partial charge in [0.15, 0.2) is 12.2 Å². The lowest BCUT2D eigenvalue weighted by Gasteiger charge is -2.43. The van der Waals surface area contributed by atoms with Crippen molar-refractivity contribution in [3.8, 4) is 0 Å². The number of carbonyl (C=O) groups excluding carboxylic acids is 5. The molecule has 1 rings (SSSR count). The van der Waals surface area contributed by atoms with Gasteiger partial charge in [0.05, 0.1) is 0 Å². The molecule has 0 aromatic heterocycles. The molecule has 0 radical (unpaired) electrons. The van der Waals surface area contributed by atoms with E-state index in [1.54, 1.807) is 0 Å². The van der Waals surface area contributed by atoms with Gasteiger partial charge in [-0.25, -0.2) is 0 Å². The average Bonchev–Trinajstić information content (AvgIpc) is 2.49. The summed E-state index contributed by atoms with van der Waals surface area (Å²) in [6.07, 6.45) is -6.70.